The molecule has 0 bridgehead atoms. The molecule has 0 radical (unpaired) electrons. The first-order chi connectivity index (χ1) is 12.2. The van der Waals surface area contributed by atoms with Crippen LogP contribution in [0.3, 0.4) is 0 Å². The monoisotopic (exact) mass is 406 g/mol. The Bertz CT molecular complexity index is 733. The number of aliphatic hydroxyl groups is 1. The van der Waals surface area contributed by atoms with Gasteiger partial charge in [-0.2, -0.15) is 44.8 Å². The SMILES string of the molecule is N#Cc1ccc(C2C[C@@H]([C@@H](O)C(F)(F)F)N[C@H]2C(F)(F)F)cc1C(F)(F)F. The van der Waals surface area contributed by atoms with Crippen LogP contribution in [0, 0.1) is 11.3 Å². The van der Waals surface area contributed by atoms with Gasteiger partial charge in [-0.05, 0) is 24.1 Å². The molecular weight excluding hydrogens is 395 g/mol. The van der Waals surface area contributed by atoms with Gasteiger partial charge in [0, 0.05) is 12.0 Å². The molecule has 3 nitrogen and oxygen atoms in total. The molecule has 0 amide bonds. The molecule has 0 aromatic heterocycles. The normalized spacial score (nSPS) is 25.3. The van der Waals surface area contributed by atoms with Crippen LogP contribution in [0.2, 0.25) is 0 Å². The largest absolute Gasteiger partial charge is 0.417 e. The van der Waals surface area contributed by atoms with E-state index in [1.165, 1.54) is 6.07 Å². The standard InChI is InChI=1S/C15H11F9N2O/c16-13(17,18)9-3-6(1-2-7(9)5-25)8-4-10(12(27)15(22,23)24)26-11(8)14(19,20)21/h1-3,8,10-12,26-27H,4H2/t8?,10-,11+,12+/m0/s1. The Morgan fingerprint density at radius 2 is 1.67 bits per heavy atom. The molecule has 2 rings (SSSR count). The Kier molecular flexibility index (Phi) is 5.42. The first-order valence-corrected chi connectivity index (χ1v) is 7.35. The number of alkyl halides is 9. The molecule has 0 saturated carbocycles. The van der Waals surface area contributed by atoms with Crippen LogP contribution in [0.15, 0.2) is 18.2 Å². The summed E-state index contributed by atoms with van der Waals surface area (Å²) in [6.45, 7) is 0. The van der Waals surface area contributed by atoms with Gasteiger partial charge in [-0.3, -0.25) is 5.32 Å². The van der Waals surface area contributed by atoms with E-state index in [1.54, 1.807) is 5.32 Å². The maximum atomic E-state index is 13.2. The molecule has 150 valence electrons. The van der Waals surface area contributed by atoms with Gasteiger partial charge in [0.1, 0.15) is 6.04 Å². The summed E-state index contributed by atoms with van der Waals surface area (Å²) in [4.78, 5) is 0. The molecule has 1 aromatic carbocycles. The lowest BCUT2D eigenvalue weighted by atomic mass is 9.87. The van der Waals surface area contributed by atoms with Crippen molar-refractivity contribution in [1.29, 1.82) is 5.26 Å². The van der Waals surface area contributed by atoms with Crippen LogP contribution in [-0.2, 0) is 6.18 Å². The molecule has 1 aromatic rings. The van der Waals surface area contributed by atoms with Crippen LogP contribution < -0.4 is 5.32 Å². The van der Waals surface area contributed by atoms with E-state index < -0.39 is 65.7 Å². The predicted molar refractivity (Wildman–Crippen MR) is 72.3 cm³/mol. The van der Waals surface area contributed by atoms with Crippen LogP contribution >= 0.6 is 0 Å². The smallest absolute Gasteiger partial charge is 0.382 e. The maximum absolute atomic E-state index is 13.2. The molecule has 4 atom stereocenters. The van der Waals surface area contributed by atoms with Crippen molar-refractivity contribution >= 4 is 0 Å². The minimum Gasteiger partial charge on any atom is -0.382 e. The lowest BCUT2D eigenvalue weighted by molar-refractivity contribution is -0.213. The van der Waals surface area contributed by atoms with E-state index >= 15 is 0 Å². The number of benzene rings is 1. The second-order valence-electron chi connectivity index (χ2n) is 6.04. The molecule has 0 aliphatic carbocycles. The van der Waals surface area contributed by atoms with Crippen molar-refractivity contribution in [2.24, 2.45) is 0 Å². The molecule has 12 heteroatoms. The summed E-state index contributed by atoms with van der Waals surface area (Å²) in [6, 6.07) is -1.55. The highest BCUT2D eigenvalue weighted by atomic mass is 19.4. The lowest BCUT2D eigenvalue weighted by Crippen LogP contribution is -2.50. The second-order valence-corrected chi connectivity index (χ2v) is 6.04. The first-order valence-electron chi connectivity index (χ1n) is 7.35. The average Bonchev–Trinajstić information content (AvgIpc) is 2.97. The van der Waals surface area contributed by atoms with Crippen molar-refractivity contribution in [3.63, 3.8) is 0 Å². The minimum absolute atomic E-state index is 0.325. The average molecular weight is 406 g/mol. The van der Waals surface area contributed by atoms with E-state index in [-0.39, 0.29) is 0 Å². The Balaban J connectivity index is 2.47. The topological polar surface area (TPSA) is 56.0 Å². The summed E-state index contributed by atoms with van der Waals surface area (Å²) in [7, 11) is 0. The van der Waals surface area contributed by atoms with Crippen molar-refractivity contribution in [1.82, 2.24) is 5.32 Å². The predicted octanol–water partition coefficient (Wildman–Crippen LogP) is 3.88. The number of halogens is 9. The summed E-state index contributed by atoms with van der Waals surface area (Å²) in [5.74, 6) is -1.80. The van der Waals surface area contributed by atoms with Crippen LogP contribution in [0.4, 0.5) is 39.5 Å². The highest BCUT2D eigenvalue weighted by Gasteiger charge is 2.55. The third-order valence-corrected chi connectivity index (χ3v) is 4.27. The molecule has 2 N–H and O–H groups in total. The highest BCUT2D eigenvalue weighted by Crippen LogP contribution is 2.43. The minimum atomic E-state index is -5.20. The molecule has 1 aliphatic heterocycles. The van der Waals surface area contributed by atoms with E-state index in [9.17, 15) is 44.6 Å². The van der Waals surface area contributed by atoms with Gasteiger partial charge >= 0.3 is 18.5 Å². The van der Waals surface area contributed by atoms with Crippen LogP contribution in [-0.4, -0.2) is 35.6 Å². The van der Waals surface area contributed by atoms with Gasteiger partial charge in [0.25, 0.3) is 0 Å². The number of aliphatic hydroxyl groups excluding tert-OH is 1. The van der Waals surface area contributed by atoms with Gasteiger partial charge in [-0.15, -0.1) is 0 Å². The van der Waals surface area contributed by atoms with E-state index in [1.807, 2.05) is 0 Å². The van der Waals surface area contributed by atoms with Gasteiger partial charge in [0.2, 0.25) is 0 Å². The summed E-state index contributed by atoms with van der Waals surface area (Å²) >= 11 is 0. The van der Waals surface area contributed by atoms with Gasteiger partial charge in [0.05, 0.1) is 17.2 Å². The highest BCUT2D eigenvalue weighted by molar-refractivity contribution is 5.43. The summed E-state index contributed by atoms with van der Waals surface area (Å²) < 4.78 is 117. The fourth-order valence-corrected chi connectivity index (χ4v) is 3.05. The number of nitrogens with one attached hydrogen (secondary N) is 1. The maximum Gasteiger partial charge on any atom is 0.417 e. The molecule has 1 saturated heterocycles. The molecule has 1 aliphatic rings. The zero-order valence-corrected chi connectivity index (χ0v) is 13.0. The molecular formula is C15H11F9N2O. The number of nitriles is 1. The molecule has 27 heavy (non-hydrogen) atoms. The quantitative estimate of drug-likeness (QED) is 0.734. The van der Waals surface area contributed by atoms with E-state index in [0.717, 1.165) is 6.07 Å². The van der Waals surface area contributed by atoms with Crippen LogP contribution in [0.1, 0.15) is 29.0 Å². The second kappa shape index (κ2) is 6.87. The summed E-state index contributed by atoms with van der Waals surface area (Å²) in [5, 5.41) is 19.6. The number of hydrogen-bond donors (Lipinski definition) is 2. The summed E-state index contributed by atoms with van der Waals surface area (Å²) in [6.07, 6.45) is -19.3. The molecule has 1 fully saturated rings. The van der Waals surface area contributed by atoms with Gasteiger partial charge in [-0.25, -0.2) is 0 Å². The van der Waals surface area contributed by atoms with Crippen molar-refractivity contribution in [2.45, 2.75) is 49.1 Å². The zero-order valence-electron chi connectivity index (χ0n) is 13.0. The Morgan fingerprint density at radius 3 is 2.11 bits per heavy atom. The van der Waals surface area contributed by atoms with Gasteiger partial charge < -0.3 is 5.11 Å². The molecule has 1 unspecified atom stereocenters. The van der Waals surface area contributed by atoms with E-state index in [2.05, 4.69) is 0 Å². The van der Waals surface area contributed by atoms with Crippen molar-refractivity contribution in [2.75, 3.05) is 0 Å². The van der Waals surface area contributed by atoms with Gasteiger partial charge in [0.15, 0.2) is 6.10 Å². The Labute approximate surface area is 146 Å². The van der Waals surface area contributed by atoms with Crippen molar-refractivity contribution < 1.29 is 44.6 Å². The van der Waals surface area contributed by atoms with Crippen LogP contribution in [0.5, 0.6) is 0 Å². The third-order valence-electron chi connectivity index (χ3n) is 4.27. The van der Waals surface area contributed by atoms with Crippen molar-refractivity contribution in [3.05, 3.63) is 34.9 Å². The Hall–Kier alpha value is -2.00. The first kappa shape index (κ1) is 21.3. The fourth-order valence-electron chi connectivity index (χ4n) is 3.05. The number of hydrogen-bond acceptors (Lipinski definition) is 3. The third kappa shape index (κ3) is 4.47. The Morgan fingerprint density at radius 1 is 1.07 bits per heavy atom. The van der Waals surface area contributed by atoms with Crippen LogP contribution in [0.25, 0.3) is 0 Å². The van der Waals surface area contributed by atoms with E-state index in [4.69, 9.17) is 5.26 Å². The molecule has 0 spiro atoms. The zero-order chi connectivity index (χ0) is 20.8. The van der Waals surface area contributed by atoms with Crippen molar-refractivity contribution in [3.8, 4) is 6.07 Å². The molecule has 1 heterocycles. The summed E-state index contributed by atoms with van der Waals surface area (Å²) in [5.41, 5.74) is -2.84. The van der Waals surface area contributed by atoms with E-state index in [0.29, 0.717) is 12.1 Å². The lowest BCUT2D eigenvalue weighted by Gasteiger charge is -2.24. The van der Waals surface area contributed by atoms with Gasteiger partial charge in [-0.1, -0.05) is 6.07 Å². The number of nitrogens with zero attached hydrogens (tertiary/aromatic N) is 1. The fraction of sp³-hybridized carbons (Fsp3) is 0.533. The number of rotatable bonds is 2.